The van der Waals surface area contributed by atoms with Crippen LogP contribution in [0.4, 0.5) is 4.79 Å². The molecule has 134 valence electrons. The number of nitrogens with zero attached hydrogens (tertiary/aromatic N) is 2. The number of aromatic amines is 1. The predicted octanol–water partition coefficient (Wildman–Crippen LogP) is 2.71. The van der Waals surface area contributed by atoms with Gasteiger partial charge in [0.2, 0.25) is 0 Å². The molecule has 6 nitrogen and oxygen atoms in total. The molecule has 1 spiro atoms. The lowest BCUT2D eigenvalue weighted by molar-refractivity contribution is 0.0209. The SMILES string of the molecule is O=C(NCCCc1nc2ccccc2[nH]1)N1CCC2(CCOCC2)C1. The number of aryl methyl sites for hydroxylation is 1. The van der Waals surface area contributed by atoms with Gasteiger partial charge < -0.3 is 19.9 Å². The van der Waals surface area contributed by atoms with E-state index in [1.54, 1.807) is 0 Å². The first-order valence-electron chi connectivity index (χ1n) is 9.28. The third-order valence-corrected chi connectivity index (χ3v) is 5.58. The molecule has 6 heteroatoms. The number of rotatable bonds is 4. The Hall–Kier alpha value is -2.08. The second kappa shape index (κ2) is 7.04. The largest absolute Gasteiger partial charge is 0.381 e. The summed E-state index contributed by atoms with van der Waals surface area (Å²) >= 11 is 0. The van der Waals surface area contributed by atoms with E-state index >= 15 is 0 Å². The van der Waals surface area contributed by atoms with Crippen molar-refractivity contribution >= 4 is 17.1 Å². The number of hydrogen-bond donors (Lipinski definition) is 2. The van der Waals surface area contributed by atoms with Crippen LogP contribution in [0.3, 0.4) is 0 Å². The summed E-state index contributed by atoms with van der Waals surface area (Å²) in [7, 11) is 0. The fourth-order valence-corrected chi connectivity index (χ4v) is 4.01. The molecule has 0 atom stereocenters. The lowest BCUT2D eigenvalue weighted by Crippen LogP contribution is -2.41. The number of amides is 2. The molecule has 2 aliphatic heterocycles. The number of likely N-dealkylation sites (tertiary alicyclic amines) is 1. The van der Waals surface area contributed by atoms with E-state index in [9.17, 15) is 4.79 Å². The van der Waals surface area contributed by atoms with Crippen LogP contribution in [0.15, 0.2) is 24.3 Å². The Kier molecular flexibility index (Phi) is 4.61. The second-order valence-corrected chi connectivity index (χ2v) is 7.32. The van der Waals surface area contributed by atoms with E-state index in [-0.39, 0.29) is 6.03 Å². The van der Waals surface area contributed by atoms with Crippen LogP contribution in [0.25, 0.3) is 11.0 Å². The quantitative estimate of drug-likeness (QED) is 0.839. The van der Waals surface area contributed by atoms with Crippen molar-refractivity contribution < 1.29 is 9.53 Å². The van der Waals surface area contributed by atoms with Crippen LogP contribution < -0.4 is 5.32 Å². The monoisotopic (exact) mass is 342 g/mol. The number of benzene rings is 1. The van der Waals surface area contributed by atoms with Gasteiger partial charge in [-0.25, -0.2) is 9.78 Å². The van der Waals surface area contributed by atoms with Gasteiger partial charge in [0.05, 0.1) is 11.0 Å². The van der Waals surface area contributed by atoms with Crippen LogP contribution in [0.1, 0.15) is 31.5 Å². The Labute approximate surface area is 147 Å². The number of urea groups is 1. The van der Waals surface area contributed by atoms with Crippen LogP contribution in [0.5, 0.6) is 0 Å². The normalized spacial score (nSPS) is 19.6. The van der Waals surface area contributed by atoms with Crippen molar-refractivity contribution in [2.24, 2.45) is 5.41 Å². The summed E-state index contributed by atoms with van der Waals surface area (Å²) in [5.41, 5.74) is 2.38. The molecule has 0 radical (unpaired) electrons. The lowest BCUT2D eigenvalue weighted by Gasteiger charge is -2.33. The number of H-pyrrole nitrogens is 1. The van der Waals surface area contributed by atoms with E-state index in [1.165, 1.54) is 0 Å². The highest BCUT2D eigenvalue weighted by Crippen LogP contribution is 2.39. The van der Waals surface area contributed by atoms with Crippen molar-refractivity contribution in [3.63, 3.8) is 0 Å². The molecule has 1 aromatic heterocycles. The maximum absolute atomic E-state index is 12.4. The summed E-state index contributed by atoms with van der Waals surface area (Å²) in [5, 5.41) is 3.06. The van der Waals surface area contributed by atoms with Gasteiger partial charge in [-0.2, -0.15) is 0 Å². The number of hydrogen-bond acceptors (Lipinski definition) is 3. The van der Waals surface area contributed by atoms with E-state index in [1.807, 2.05) is 29.2 Å². The van der Waals surface area contributed by atoms with E-state index in [2.05, 4.69) is 15.3 Å². The summed E-state index contributed by atoms with van der Waals surface area (Å²) in [6.45, 7) is 4.11. The van der Waals surface area contributed by atoms with Crippen LogP contribution in [0, 0.1) is 5.41 Å². The first-order chi connectivity index (χ1) is 12.2. The molecular weight excluding hydrogens is 316 g/mol. The number of ether oxygens (including phenoxy) is 1. The average Bonchev–Trinajstić information content (AvgIpc) is 3.23. The molecule has 2 saturated heterocycles. The first-order valence-corrected chi connectivity index (χ1v) is 9.28. The number of imidazole rings is 1. The number of carbonyl (C=O) groups is 1. The van der Waals surface area contributed by atoms with E-state index < -0.39 is 0 Å². The molecule has 2 aromatic rings. The Morgan fingerprint density at radius 1 is 1.28 bits per heavy atom. The fourth-order valence-electron chi connectivity index (χ4n) is 4.01. The number of carbonyl (C=O) groups excluding carboxylic acids is 1. The zero-order chi connectivity index (χ0) is 17.1. The van der Waals surface area contributed by atoms with E-state index in [4.69, 9.17) is 4.74 Å². The summed E-state index contributed by atoms with van der Waals surface area (Å²) in [4.78, 5) is 22.3. The minimum Gasteiger partial charge on any atom is -0.381 e. The lowest BCUT2D eigenvalue weighted by atomic mass is 9.80. The molecule has 25 heavy (non-hydrogen) atoms. The van der Waals surface area contributed by atoms with Gasteiger partial charge in [-0.3, -0.25) is 0 Å². The van der Waals surface area contributed by atoms with Crippen molar-refractivity contribution in [1.29, 1.82) is 0 Å². The Morgan fingerprint density at radius 2 is 2.12 bits per heavy atom. The minimum absolute atomic E-state index is 0.0768. The molecule has 3 heterocycles. The van der Waals surface area contributed by atoms with Gasteiger partial charge in [-0.1, -0.05) is 12.1 Å². The molecule has 2 amide bonds. The Balaban J connectivity index is 1.21. The summed E-state index contributed by atoms with van der Waals surface area (Å²) in [6, 6.07) is 8.12. The highest BCUT2D eigenvalue weighted by molar-refractivity contribution is 5.75. The number of aromatic nitrogens is 2. The molecule has 2 fully saturated rings. The van der Waals surface area contributed by atoms with Crippen molar-refractivity contribution in [1.82, 2.24) is 20.2 Å². The van der Waals surface area contributed by atoms with Crippen LogP contribution >= 0.6 is 0 Å². The van der Waals surface area contributed by atoms with Crippen molar-refractivity contribution in [2.45, 2.75) is 32.1 Å². The van der Waals surface area contributed by atoms with E-state index in [0.29, 0.717) is 12.0 Å². The van der Waals surface area contributed by atoms with Crippen LogP contribution in [-0.2, 0) is 11.2 Å². The van der Waals surface area contributed by atoms with Gasteiger partial charge in [0.15, 0.2) is 0 Å². The molecule has 4 rings (SSSR count). The zero-order valence-electron chi connectivity index (χ0n) is 14.6. The van der Waals surface area contributed by atoms with Gasteiger partial charge in [0.1, 0.15) is 5.82 Å². The summed E-state index contributed by atoms with van der Waals surface area (Å²) in [6.07, 6.45) is 5.02. The third-order valence-electron chi connectivity index (χ3n) is 5.58. The topological polar surface area (TPSA) is 70.2 Å². The van der Waals surface area contributed by atoms with Crippen molar-refractivity contribution in [3.8, 4) is 0 Å². The fraction of sp³-hybridized carbons (Fsp3) is 0.579. The standard InChI is InChI=1S/C19H26N4O2/c24-18(23-11-7-19(14-23)8-12-25-13-9-19)20-10-3-6-17-21-15-4-1-2-5-16(15)22-17/h1-2,4-5H,3,6-14H2,(H,20,24)(H,21,22). The maximum atomic E-state index is 12.4. The molecule has 2 N–H and O–H groups in total. The molecular formula is C19H26N4O2. The Morgan fingerprint density at radius 3 is 2.96 bits per heavy atom. The zero-order valence-corrected chi connectivity index (χ0v) is 14.6. The van der Waals surface area contributed by atoms with Gasteiger partial charge >= 0.3 is 6.03 Å². The Bertz CT molecular complexity index is 703. The van der Waals surface area contributed by atoms with Gasteiger partial charge in [0.25, 0.3) is 0 Å². The maximum Gasteiger partial charge on any atom is 0.317 e. The first kappa shape index (κ1) is 16.4. The van der Waals surface area contributed by atoms with Crippen molar-refractivity contribution in [2.75, 3.05) is 32.8 Å². The van der Waals surface area contributed by atoms with Crippen molar-refractivity contribution in [3.05, 3.63) is 30.1 Å². The highest BCUT2D eigenvalue weighted by atomic mass is 16.5. The second-order valence-electron chi connectivity index (χ2n) is 7.32. The predicted molar refractivity (Wildman–Crippen MR) is 96.5 cm³/mol. The molecule has 1 aromatic carbocycles. The third kappa shape index (κ3) is 3.63. The average molecular weight is 342 g/mol. The molecule has 0 unspecified atom stereocenters. The molecule has 0 bridgehead atoms. The summed E-state index contributed by atoms with van der Waals surface area (Å²) < 4.78 is 5.47. The van der Waals surface area contributed by atoms with Crippen LogP contribution in [-0.4, -0.2) is 53.7 Å². The molecule has 0 aliphatic carbocycles. The number of fused-ring (bicyclic) bond motifs is 1. The number of nitrogens with one attached hydrogen (secondary N) is 2. The molecule has 0 saturated carbocycles. The van der Waals surface area contributed by atoms with Gasteiger partial charge in [0, 0.05) is 39.3 Å². The molecule has 2 aliphatic rings. The smallest absolute Gasteiger partial charge is 0.317 e. The van der Waals surface area contributed by atoms with E-state index in [0.717, 1.165) is 75.3 Å². The highest BCUT2D eigenvalue weighted by Gasteiger charge is 2.40. The van der Waals surface area contributed by atoms with Gasteiger partial charge in [-0.05, 0) is 43.2 Å². The minimum atomic E-state index is 0.0768. The van der Waals surface area contributed by atoms with Crippen LogP contribution in [0.2, 0.25) is 0 Å². The van der Waals surface area contributed by atoms with Gasteiger partial charge in [-0.15, -0.1) is 0 Å². The number of para-hydroxylation sites is 2. The summed E-state index contributed by atoms with van der Waals surface area (Å²) in [5.74, 6) is 0.984.